The van der Waals surface area contributed by atoms with Crippen LogP contribution in [0.1, 0.15) is 39.5 Å². The molecule has 0 saturated carbocycles. The van der Waals surface area contributed by atoms with Crippen molar-refractivity contribution >= 4 is 9.84 Å². The number of nitrogens with one attached hydrogen (secondary N) is 1. The van der Waals surface area contributed by atoms with E-state index in [1.165, 1.54) is 0 Å². The van der Waals surface area contributed by atoms with Gasteiger partial charge in [-0.1, -0.05) is 13.3 Å². The van der Waals surface area contributed by atoms with Crippen molar-refractivity contribution < 1.29 is 8.42 Å². The third-order valence-electron chi connectivity index (χ3n) is 2.70. The van der Waals surface area contributed by atoms with E-state index in [1.54, 1.807) is 0 Å². The maximum absolute atomic E-state index is 11.4. The SMILES string of the molecule is CCCC(C)NC1CCCS(=O)(=O)C1. The fourth-order valence-electron chi connectivity index (χ4n) is 2.07. The van der Waals surface area contributed by atoms with E-state index in [-0.39, 0.29) is 6.04 Å². The lowest BCUT2D eigenvalue weighted by Gasteiger charge is -2.26. The smallest absolute Gasteiger partial charge is 0.151 e. The highest BCUT2D eigenvalue weighted by molar-refractivity contribution is 7.91. The van der Waals surface area contributed by atoms with Crippen molar-refractivity contribution in [2.45, 2.75) is 51.6 Å². The molecule has 1 rings (SSSR count). The average Bonchev–Trinajstić information content (AvgIpc) is 2.02. The van der Waals surface area contributed by atoms with Crippen molar-refractivity contribution in [2.24, 2.45) is 0 Å². The minimum absolute atomic E-state index is 0.190. The lowest BCUT2D eigenvalue weighted by Crippen LogP contribution is -2.44. The molecule has 1 N–H and O–H groups in total. The Kier molecular flexibility index (Phi) is 4.38. The van der Waals surface area contributed by atoms with Gasteiger partial charge in [0.1, 0.15) is 0 Å². The first kappa shape index (κ1) is 12.0. The quantitative estimate of drug-likeness (QED) is 0.776. The molecule has 0 aromatic carbocycles. The Labute approximate surface area is 87.2 Å². The molecule has 0 amide bonds. The summed E-state index contributed by atoms with van der Waals surface area (Å²) in [6, 6.07) is 0.633. The summed E-state index contributed by atoms with van der Waals surface area (Å²) < 4.78 is 22.7. The van der Waals surface area contributed by atoms with E-state index in [0.717, 1.165) is 25.7 Å². The zero-order chi connectivity index (χ0) is 10.6. The van der Waals surface area contributed by atoms with Crippen LogP contribution in [0.4, 0.5) is 0 Å². The van der Waals surface area contributed by atoms with Crippen LogP contribution in [-0.4, -0.2) is 32.0 Å². The number of hydrogen-bond acceptors (Lipinski definition) is 3. The van der Waals surface area contributed by atoms with Crippen LogP contribution >= 0.6 is 0 Å². The number of sulfone groups is 1. The van der Waals surface area contributed by atoms with Crippen LogP contribution in [0, 0.1) is 0 Å². The Morgan fingerprint density at radius 2 is 2.21 bits per heavy atom. The predicted molar refractivity (Wildman–Crippen MR) is 59.2 cm³/mol. The first-order valence-corrected chi connectivity index (χ1v) is 7.32. The summed E-state index contributed by atoms with van der Waals surface area (Å²) in [5, 5.41) is 3.40. The summed E-state index contributed by atoms with van der Waals surface area (Å²) in [7, 11) is -2.75. The zero-order valence-corrected chi connectivity index (χ0v) is 9.94. The molecule has 1 aliphatic rings. The van der Waals surface area contributed by atoms with Gasteiger partial charge in [-0.2, -0.15) is 0 Å². The maximum Gasteiger partial charge on any atom is 0.151 e. The van der Waals surface area contributed by atoms with Crippen molar-refractivity contribution in [3.05, 3.63) is 0 Å². The third kappa shape index (κ3) is 3.96. The molecule has 2 atom stereocenters. The minimum atomic E-state index is -2.75. The molecule has 0 bridgehead atoms. The standard InChI is InChI=1S/C10H21NO2S/c1-3-5-9(2)11-10-6-4-7-14(12,13)8-10/h9-11H,3-8H2,1-2H3. The second kappa shape index (κ2) is 5.12. The summed E-state index contributed by atoms with van der Waals surface area (Å²) in [6.45, 7) is 4.28. The molecule has 0 aromatic rings. The van der Waals surface area contributed by atoms with Crippen LogP contribution in [0.25, 0.3) is 0 Å². The topological polar surface area (TPSA) is 46.2 Å². The van der Waals surface area contributed by atoms with Gasteiger partial charge in [-0.3, -0.25) is 0 Å². The predicted octanol–water partition coefficient (Wildman–Crippen LogP) is 1.34. The van der Waals surface area contributed by atoms with Crippen molar-refractivity contribution in [3.63, 3.8) is 0 Å². The highest BCUT2D eigenvalue weighted by atomic mass is 32.2. The Bertz CT molecular complexity index is 261. The summed E-state index contributed by atoms with van der Waals surface area (Å²) in [5.41, 5.74) is 0. The van der Waals surface area contributed by atoms with Crippen LogP contribution in [0.5, 0.6) is 0 Å². The maximum atomic E-state index is 11.4. The molecule has 1 heterocycles. The molecular weight excluding hydrogens is 198 g/mol. The molecule has 2 unspecified atom stereocenters. The van der Waals surface area contributed by atoms with Gasteiger partial charge in [-0.15, -0.1) is 0 Å². The molecule has 0 radical (unpaired) electrons. The highest BCUT2D eigenvalue weighted by Gasteiger charge is 2.25. The van der Waals surface area contributed by atoms with E-state index in [2.05, 4.69) is 19.2 Å². The highest BCUT2D eigenvalue weighted by Crippen LogP contribution is 2.13. The monoisotopic (exact) mass is 219 g/mol. The molecule has 14 heavy (non-hydrogen) atoms. The van der Waals surface area contributed by atoms with Gasteiger partial charge in [0, 0.05) is 12.1 Å². The van der Waals surface area contributed by atoms with Gasteiger partial charge < -0.3 is 5.32 Å². The molecule has 1 saturated heterocycles. The summed E-state index contributed by atoms with van der Waals surface area (Å²) in [5.74, 6) is 0.717. The lowest BCUT2D eigenvalue weighted by atomic mass is 10.1. The summed E-state index contributed by atoms with van der Waals surface area (Å²) in [4.78, 5) is 0. The molecule has 4 heteroatoms. The van der Waals surface area contributed by atoms with Gasteiger partial charge >= 0.3 is 0 Å². The molecule has 0 aromatic heterocycles. The number of rotatable bonds is 4. The Morgan fingerprint density at radius 1 is 1.50 bits per heavy atom. The molecule has 0 aliphatic carbocycles. The second-order valence-electron chi connectivity index (χ2n) is 4.31. The summed E-state index contributed by atoms with van der Waals surface area (Å²) in [6.07, 6.45) is 4.09. The van der Waals surface area contributed by atoms with E-state index in [1.807, 2.05) is 0 Å². The van der Waals surface area contributed by atoms with Crippen LogP contribution in [0.3, 0.4) is 0 Å². The largest absolute Gasteiger partial charge is 0.310 e. The van der Waals surface area contributed by atoms with E-state index in [0.29, 0.717) is 17.5 Å². The number of hydrogen-bond donors (Lipinski definition) is 1. The van der Waals surface area contributed by atoms with Crippen molar-refractivity contribution in [3.8, 4) is 0 Å². The third-order valence-corrected chi connectivity index (χ3v) is 4.53. The van der Waals surface area contributed by atoms with E-state index in [4.69, 9.17) is 0 Å². The molecule has 1 fully saturated rings. The van der Waals surface area contributed by atoms with Gasteiger partial charge in [0.05, 0.1) is 11.5 Å². The fourth-order valence-corrected chi connectivity index (χ4v) is 3.72. The van der Waals surface area contributed by atoms with Crippen molar-refractivity contribution in [2.75, 3.05) is 11.5 Å². The van der Waals surface area contributed by atoms with Crippen LogP contribution in [0.2, 0.25) is 0 Å². The van der Waals surface area contributed by atoms with Crippen molar-refractivity contribution in [1.82, 2.24) is 5.32 Å². The first-order chi connectivity index (χ1) is 6.53. The van der Waals surface area contributed by atoms with Gasteiger partial charge in [-0.25, -0.2) is 8.42 Å². The molecular formula is C10H21NO2S. The lowest BCUT2D eigenvalue weighted by molar-refractivity contribution is 0.413. The van der Waals surface area contributed by atoms with Gasteiger partial charge in [0.15, 0.2) is 9.84 Å². The Morgan fingerprint density at radius 3 is 2.79 bits per heavy atom. The summed E-state index contributed by atoms with van der Waals surface area (Å²) >= 11 is 0. The van der Waals surface area contributed by atoms with Crippen LogP contribution in [0.15, 0.2) is 0 Å². The van der Waals surface area contributed by atoms with E-state index >= 15 is 0 Å². The van der Waals surface area contributed by atoms with E-state index in [9.17, 15) is 8.42 Å². The Balaban J connectivity index is 2.38. The van der Waals surface area contributed by atoms with Crippen LogP contribution < -0.4 is 5.32 Å². The normalized spacial score (nSPS) is 28.6. The van der Waals surface area contributed by atoms with Crippen molar-refractivity contribution in [1.29, 1.82) is 0 Å². The first-order valence-electron chi connectivity index (χ1n) is 5.50. The Hall–Kier alpha value is -0.0900. The molecule has 84 valence electrons. The fraction of sp³-hybridized carbons (Fsp3) is 1.00. The van der Waals surface area contributed by atoms with Gasteiger partial charge in [-0.05, 0) is 26.2 Å². The van der Waals surface area contributed by atoms with Gasteiger partial charge in [0.2, 0.25) is 0 Å². The van der Waals surface area contributed by atoms with E-state index < -0.39 is 9.84 Å². The second-order valence-corrected chi connectivity index (χ2v) is 6.54. The average molecular weight is 219 g/mol. The van der Waals surface area contributed by atoms with Gasteiger partial charge in [0.25, 0.3) is 0 Å². The zero-order valence-electron chi connectivity index (χ0n) is 9.12. The molecule has 0 spiro atoms. The molecule has 1 aliphatic heterocycles. The van der Waals surface area contributed by atoms with Crippen LogP contribution in [-0.2, 0) is 9.84 Å². The molecule has 3 nitrogen and oxygen atoms in total. The minimum Gasteiger partial charge on any atom is -0.310 e.